The van der Waals surface area contributed by atoms with Crippen LogP contribution in [0.5, 0.6) is 0 Å². The number of aliphatic carboxylic acids is 2. The number of nitrogens with zero attached hydrogens (tertiary/aromatic N) is 4. The van der Waals surface area contributed by atoms with Crippen LogP contribution < -0.4 is 45.7 Å². The lowest BCUT2D eigenvalue weighted by Gasteiger charge is -1.84. The summed E-state index contributed by atoms with van der Waals surface area (Å²) in [6, 6.07) is 6.06. The molecule has 0 amide bonds. The molecule has 0 bridgehead atoms. The highest BCUT2D eigenvalue weighted by molar-refractivity contribution is 6.27. The summed E-state index contributed by atoms with van der Waals surface area (Å²) >= 11 is 0. The fourth-order valence-corrected chi connectivity index (χ4v) is 1.53. The molecule has 4 rings (SSSR count). The highest BCUT2D eigenvalue weighted by atomic mass is 16.4. The molecule has 0 aliphatic rings. The maximum absolute atomic E-state index is 10.2. The average Bonchev–Trinajstić information content (AvgIpc) is 2.80. The monoisotopic (exact) mass is 570 g/mol. The van der Waals surface area contributed by atoms with Gasteiger partial charge in [0.1, 0.15) is 23.3 Å². The second-order valence-electron chi connectivity index (χ2n) is 5.93. The zero-order valence-corrected chi connectivity index (χ0v) is 20.1. The molecule has 218 valence electrons. The number of rotatable bonds is 0. The van der Waals surface area contributed by atoms with Crippen LogP contribution in [0.1, 0.15) is 0 Å². The summed E-state index contributed by atoms with van der Waals surface area (Å²) in [7, 11) is 0. The van der Waals surface area contributed by atoms with Crippen molar-refractivity contribution in [2.45, 2.75) is 0 Å². The van der Waals surface area contributed by atoms with Gasteiger partial charge in [-0.25, -0.2) is 48.7 Å². The molecule has 4 aromatic rings. The number of nitrogens with one attached hydrogen (secondary N) is 4. The van der Waals surface area contributed by atoms with Gasteiger partial charge in [-0.05, 0) is 24.3 Å². The van der Waals surface area contributed by atoms with Crippen LogP contribution in [0.3, 0.4) is 0 Å². The Hall–Kier alpha value is -6.42. The van der Waals surface area contributed by atoms with Crippen LogP contribution in [0.25, 0.3) is 0 Å². The van der Waals surface area contributed by atoms with Crippen molar-refractivity contribution in [2.24, 2.45) is 0 Å². The summed E-state index contributed by atoms with van der Waals surface area (Å²) in [6.07, 6.45) is 5.42. The third-order valence-electron chi connectivity index (χ3n) is 2.97. The molecule has 0 saturated carbocycles. The lowest BCUT2D eigenvalue weighted by atomic mass is 10.6. The molecular formula is C18H26N12O10. The Morgan fingerprint density at radius 1 is 0.500 bits per heavy atom. The number of carboxylic acid groups (broad SMARTS) is 2. The van der Waals surface area contributed by atoms with Gasteiger partial charge in [0, 0.05) is 24.8 Å². The van der Waals surface area contributed by atoms with Gasteiger partial charge in [-0.15, -0.1) is 0 Å². The van der Waals surface area contributed by atoms with Crippen LogP contribution in [0.2, 0.25) is 0 Å². The third-order valence-corrected chi connectivity index (χ3v) is 2.97. The van der Waals surface area contributed by atoms with Gasteiger partial charge in [0.2, 0.25) is 0 Å². The number of hydrogen-bond donors (Lipinski definition) is 10. The number of aromatic nitrogens is 8. The van der Waals surface area contributed by atoms with Gasteiger partial charge in [-0.3, -0.25) is 19.9 Å². The van der Waals surface area contributed by atoms with Crippen molar-refractivity contribution in [2.75, 3.05) is 22.9 Å². The molecule has 0 fully saturated rings. The van der Waals surface area contributed by atoms with Crippen LogP contribution >= 0.6 is 0 Å². The summed E-state index contributed by atoms with van der Waals surface area (Å²) in [5.41, 5.74) is 19.0. The lowest BCUT2D eigenvalue weighted by molar-refractivity contribution is -0.159. The smallest absolute Gasteiger partial charge is 0.414 e. The Labute approximate surface area is 220 Å². The average molecular weight is 570 g/mol. The van der Waals surface area contributed by atoms with E-state index in [1.54, 1.807) is 0 Å². The summed E-state index contributed by atoms with van der Waals surface area (Å²) in [5.74, 6) is -2.30. The number of hydrogen-bond acceptors (Lipinski definition) is 14. The van der Waals surface area contributed by atoms with E-state index >= 15 is 0 Å². The Bertz CT molecular complexity index is 1310. The van der Waals surface area contributed by atoms with E-state index in [4.69, 9.17) is 42.7 Å². The minimum absolute atomic E-state index is 0. The molecule has 4 aromatic heterocycles. The van der Waals surface area contributed by atoms with E-state index in [2.05, 4.69) is 39.9 Å². The van der Waals surface area contributed by atoms with Crippen molar-refractivity contribution in [3.8, 4) is 0 Å². The topological polar surface area (TPSA) is 425 Å². The number of H-pyrrole nitrogens is 4. The van der Waals surface area contributed by atoms with Gasteiger partial charge >= 0.3 is 34.7 Å². The zero-order valence-electron chi connectivity index (χ0n) is 20.1. The highest BCUT2D eigenvalue weighted by Crippen LogP contribution is 1.84. The first-order chi connectivity index (χ1) is 17.8. The first-order valence-electron chi connectivity index (χ1n) is 9.49. The first-order valence-corrected chi connectivity index (χ1v) is 9.49. The van der Waals surface area contributed by atoms with Gasteiger partial charge in [-0.2, -0.15) is 0 Å². The van der Waals surface area contributed by atoms with Gasteiger partial charge in [0.05, 0.1) is 0 Å². The fourth-order valence-electron chi connectivity index (χ4n) is 1.53. The molecule has 0 aliphatic heterocycles. The second kappa shape index (κ2) is 20.7. The summed E-state index contributed by atoms with van der Waals surface area (Å²) in [5, 5.41) is 14.8. The van der Waals surface area contributed by atoms with Crippen LogP contribution in [0, 0.1) is 0 Å². The van der Waals surface area contributed by atoms with E-state index in [1.807, 2.05) is 0 Å². The molecule has 0 saturated heterocycles. The number of nitrogen functional groups attached to an aromatic ring is 4. The Kier molecular flexibility index (Phi) is 19.8. The molecule has 4 heterocycles. The van der Waals surface area contributed by atoms with Crippen LogP contribution in [0.4, 0.5) is 23.3 Å². The minimum Gasteiger partial charge on any atom is -0.473 e. The van der Waals surface area contributed by atoms with E-state index in [1.165, 1.54) is 49.1 Å². The van der Waals surface area contributed by atoms with Crippen LogP contribution in [0.15, 0.2) is 68.2 Å². The molecule has 0 unspecified atom stereocenters. The normalized spacial score (nSPS) is 8.30. The van der Waals surface area contributed by atoms with Crippen molar-refractivity contribution in [3.63, 3.8) is 0 Å². The molecule has 0 aromatic carbocycles. The Morgan fingerprint density at radius 2 is 0.675 bits per heavy atom. The molecule has 0 spiro atoms. The van der Waals surface area contributed by atoms with Gasteiger partial charge in [0.25, 0.3) is 0 Å². The standard InChI is InChI=1S/4C4H5N3O.C2H2O4.2H2O/c4*5-3-1-2-6-4(8)7-3;3-1(4)2(5)6;;/h4*1-2H,(H3,5,6,7,8);(H,3,4)(H,5,6);2*1H2. The Balaban J connectivity index is -0.000000424. The number of carbonyl (C=O) groups is 2. The summed E-state index contributed by atoms with van der Waals surface area (Å²) in [4.78, 5) is 81.7. The highest BCUT2D eigenvalue weighted by Gasteiger charge is 2.04. The number of aromatic amines is 4. The predicted octanol–water partition coefficient (Wildman–Crippen LogP) is -5.09. The molecule has 40 heavy (non-hydrogen) atoms. The number of nitrogens with two attached hydrogens (primary N) is 4. The molecule has 22 nitrogen and oxygen atoms in total. The molecule has 22 heteroatoms. The fraction of sp³-hybridized carbons (Fsp3) is 0. The SMILES string of the molecule is Nc1ccnc(=O)[nH]1.Nc1ccnc(=O)[nH]1.Nc1ccnc(=O)[nH]1.Nc1ccnc(=O)[nH]1.O.O.O=C(O)C(=O)O. The molecule has 0 atom stereocenters. The summed E-state index contributed by atoms with van der Waals surface area (Å²) in [6.45, 7) is 0. The molecule has 0 aliphatic carbocycles. The van der Waals surface area contributed by atoms with Crippen molar-refractivity contribution >= 4 is 35.2 Å². The maximum atomic E-state index is 10.2. The van der Waals surface area contributed by atoms with Crippen LogP contribution in [-0.4, -0.2) is 73.0 Å². The van der Waals surface area contributed by atoms with E-state index in [9.17, 15) is 19.2 Å². The van der Waals surface area contributed by atoms with Gasteiger partial charge in [-0.1, -0.05) is 0 Å². The molecule has 0 radical (unpaired) electrons. The van der Waals surface area contributed by atoms with Gasteiger partial charge in [0.15, 0.2) is 0 Å². The predicted molar refractivity (Wildman–Crippen MR) is 140 cm³/mol. The molecular weight excluding hydrogens is 544 g/mol. The minimum atomic E-state index is -1.82. The lowest BCUT2D eigenvalue weighted by Crippen LogP contribution is -2.10. The van der Waals surface area contributed by atoms with Crippen molar-refractivity contribution in [3.05, 3.63) is 91.0 Å². The second-order valence-corrected chi connectivity index (χ2v) is 5.93. The van der Waals surface area contributed by atoms with E-state index in [-0.39, 0.29) is 11.0 Å². The van der Waals surface area contributed by atoms with Crippen molar-refractivity contribution < 1.29 is 30.8 Å². The van der Waals surface area contributed by atoms with E-state index in [0.717, 1.165) is 0 Å². The Morgan fingerprint density at radius 3 is 0.750 bits per heavy atom. The quantitative estimate of drug-likeness (QED) is 0.0883. The zero-order chi connectivity index (χ0) is 29.1. The molecule has 18 N–H and O–H groups in total. The van der Waals surface area contributed by atoms with Crippen molar-refractivity contribution in [1.82, 2.24) is 39.9 Å². The van der Waals surface area contributed by atoms with E-state index < -0.39 is 34.7 Å². The third kappa shape index (κ3) is 20.9. The summed E-state index contributed by atoms with van der Waals surface area (Å²) < 4.78 is 0. The largest absolute Gasteiger partial charge is 0.473 e. The van der Waals surface area contributed by atoms with Gasteiger partial charge < -0.3 is 44.1 Å². The van der Waals surface area contributed by atoms with Crippen LogP contribution in [-0.2, 0) is 9.59 Å². The number of carboxylic acids is 2. The van der Waals surface area contributed by atoms with E-state index in [0.29, 0.717) is 23.3 Å². The maximum Gasteiger partial charge on any atom is 0.414 e. The first kappa shape index (κ1) is 38.1. The number of anilines is 4. The van der Waals surface area contributed by atoms with Crippen molar-refractivity contribution in [1.29, 1.82) is 0 Å².